The summed E-state index contributed by atoms with van der Waals surface area (Å²) in [5.41, 5.74) is 3.69. The monoisotopic (exact) mass is 283 g/mol. The first-order chi connectivity index (χ1) is 10.3. The normalized spacial score (nSPS) is 17.0. The Balaban J connectivity index is 1.76. The Kier molecular flexibility index (Phi) is 4.11. The highest BCUT2D eigenvalue weighted by molar-refractivity contribution is 5.39. The standard InChI is InChI=1S/C18H21NO2/c1-13-7-8-17(20-2)14(11-13)12-19-16-9-10-21-18-6-4-3-5-15(16)18/h3-8,11,16,19H,9-10,12H2,1-2H3. The lowest BCUT2D eigenvalue weighted by molar-refractivity contribution is 0.252. The van der Waals surface area contributed by atoms with E-state index in [9.17, 15) is 0 Å². The maximum absolute atomic E-state index is 5.71. The average molecular weight is 283 g/mol. The van der Waals surface area contributed by atoms with Gasteiger partial charge in [-0.05, 0) is 19.1 Å². The van der Waals surface area contributed by atoms with Crippen molar-refractivity contribution in [3.8, 4) is 11.5 Å². The Morgan fingerprint density at radius 3 is 2.95 bits per heavy atom. The Morgan fingerprint density at radius 1 is 1.24 bits per heavy atom. The van der Waals surface area contributed by atoms with Crippen LogP contribution in [-0.2, 0) is 6.54 Å². The van der Waals surface area contributed by atoms with E-state index < -0.39 is 0 Å². The highest BCUT2D eigenvalue weighted by Crippen LogP contribution is 2.32. The minimum Gasteiger partial charge on any atom is -0.496 e. The maximum Gasteiger partial charge on any atom is 0.124 e. The van der Waals surface area contributed by atoms with E-state index in [0.29, 0.717) is 6.04 Å². The van der Waals surface area contributed by atoms with Gasteiger partial charge in [-0.3, -0.25) is 0 Å². The smallest absolute Gasteiger partial charge is 0.124 e. The van der Waals surface area contributed by atoms with E-state index in [2.05, 4.69) is 36.5 Å². The molecule has 3 nitrogen and oxygen atoms in total. The first kappa shape index (κ1) is 14.0. The molecule has 0 fully saturated rings. The van der Waals surface area contributed by atoms with E-state index in [0.717, 1.165) is 31.1 Å². The third kappa shape index (κ3) is 3.03. The van der Waals surface area contributed by atoms with Crippen LogP contribution in [0.1, 0.15) is 29.2 Å². The van der Waals surface area contributed by atoms with Crippen molar-refractivity contribution in [1.82, 2.24) is 5.32 Å². The second-order valence-corrected chi connectivity index (χ2v) is 5.42. The summed E-state index contributed by atoms with van der Waals surface area (Å²) >= 11 is 0. The Morgan fingerprint density at radius 2 is 2.10 bits per heavy atom. The molecule has 3 heteroatoms. The van der Waals surface area contributed by atoms with Crippen molar-refractivity contribution >= 4 is 0 Å². The molecule has 2 aromatic carbocycles. The quantitative estimate of drug-likeness (QED) is 0.929. The summed E-state index contributed by atoms with van der Waals surface area (Å²) in [7, 11) is 1.72. The van der Waals surface area contributed by atoms with E-state index in [1.54, 1.807) is 7.11 Å². The molecule has 110 valence electrons. The van der Waals surface area contributed by atoms with Gasteiger partial charge < -0.3 is 14.8 Å². The Bertz CT molecular complexity index is 624. The van der Waals surface area contributed by atoms with Crippen molar-refractivity contribution in [3.63, 3.8) is 0 Å². The number of benzene rings is 2. The minimum atomic E-state index is 0.333. The van der Waals surface area contributed by atoms with Crippen molar-refractivity contribution in [2.75, 3.05) is 13.7 Å². The van der Waals surface area contributed by atoms with Crippen molar-refractivity contribution in [3.05, 3.63) is 59.2 Å². The predicted octanol–water partition coefficient (Wildman–Crippen LogP) is 3.62. The van der Waals surface area contributed by atoms with Crippen LogP contribution in [0.25, 0.3) is 0 Å². The predicted molar refractivity (Wildman–Crippen MR) is 83.9 cm³/mol. The van der Waals surface area contributed by atoms with Crippen LogP contribution >= 0.6 is 0 Å². The van der Waals surface area contributed by atoms with Gasteiger partial charge in [0.05, 0.1) is 13.7 Å². The molecule has 1 N–H and O–H groups in total. The van der Waals surface area contributed by atoms with E-state index in [4.69, 9.17) is 9.47 Å². The molecule has 2 aromatic rings. The maximum atomic E-state index is 5.71. The highest BCUT2D eigenvalue weighted by Gasteiger charge is 2.20. The van der Waals surface area contributed by atoms with Gasteiger partial charge in [0, 0.05) is 30.1 Å². The van der Waals surface area contributed by atoms with Gasteiger partial charge in [0.1, 0.15) is 11.5 Å². The zero-order chi connectivity index (χ0) is 14.7. The molecule has 0 amide bonds. The fraction of sp³-hybridized carbons (Fsp3) is 0.333. The van der Waals surface area contributed by atoms with Gasteiger partial charge in [-0.25, -0.2) is 0 Å². The van der Waals surface area contributed by atoms with E-state index >= 15 is 0 Å². The Hall–Kier alpha value is -2.00. The number of rotatable bonds is 4. The molecule has 21 heavy (non-hydrogen) atoms. The zero-order valence-corrected chi connectivity index (χ0v) is 12.6. The Labute approximate surface area is 125 Å². The molecule has 1 aliphatic heterocycles. The molecule has 1 aliphatic rings. The number of para-hydroxylation sites is 1. The summed E-state index contributed by atoms with van der Waals surface area (Å²) in [4.78, 5) is 0. The largest absolute Gasteiger partial charge is 0.496 e. The van der Waals surface area contributed by atoms with Crippen molar-refractivity contribution in [1.29, 1.82) is 0 Å². The molecule has 0 spiro atoms. The fourth-order valence-corrected chi connectivity index (χ4v) is 2.83. The van der Waals surface area contributed by atoms with Crippen LogP contribution in [0.3, 0.4) is 0 Å². The van der Waals surface area contributed by atoms with Crippen LogP contribution < -0.4 is 14.8 Å². The van der Waals surface area contributed by atoms with Crippen molar-refractivity contribution < 1.29 is 9.47 Å². The summed E-state index contributed by atoms with van der Waals surface area (Å²) in [5, 5.41) is 3.64. The van der Waals surface area contributed by atoms with Gasteiger partial charge >= 0.3 is 0 Å². The molecule has 3 rings (SSSR count). The van der Waals surface area contributed by atoms with Crippen LogP contribution in [0.15, 0.2) is 42.5 Å². The van der Waals surface area contributed by atoms with E-state index in [1.807, 2.05) is 18.2 Å². The number of nitrogens with one attached hydrogen (secondary N) is 1. The van der Waals surface area contributed by atoms with Crippen molar-refractivity contribution in [2.45, 2.75) is 25.9 Å². The van der Waals surface area contributed by atoms with Gasteiger partial charge in [0.25, 0.3) is 0 Å². The highest BCUT2D eigenvalue weighted by atomic mass is 16.5. The van der Waals surface area contributed by atoms with Gasteiger partial charge in [0.15, 0.2) is 0 Å². The van der Waals surface area contributed by atoms with Gasteiger partial charge in [-0.1, -0.05) is 35.9 Å². The van der Waals surface area contributed by atoms with Crippen LogP contribution in [-0.4, -0.2) is 13.7 Å². The first-order valence-corrected chi connectivity index (χ1v) is 7.36. The number of methoxy groups -OCH3 is 1. The molecule has 1 unspecified atom stereocenters. The average Bonchev–Trinajstić information content (AvgIpc) is 2.53. The molecule has 0 saturated carbocycles. The summed E-state index contributed by atoms with van der Waals surface area (Å²) in [6, 6.07) is 14.9. The van der Waals surface area contributed by atoms with Gasteiger partial charge in [-0.15, -0.1) is 0 Å². The summed E-state index contributed by atoms with van der Waals surface area (Å²) < 4.78 is 11.2. The number of ether oxygens (including phenoxy) is 2. The summed E-state index contributed by atoms with van der Waals surface area (Å²) in [6.45, 7) is 3.66. The number of hydrogen-bond acceptors (Lipinski definition) is 3. The molecule has 1 atom stereocenters. The minimum absolute atomic E-state index is 0.333. The second-order valence-electron chi connectivity index (χ2n) is 5.42. The van der Waals surface area contributed by atoms with Crippen LogP contribution in [0.2, 0.25) is 0 Å². The third-order valence-electron chi connectivity index (χ3n) is 3.93. The summed E-state index contributed by atoms with van der Waals surface area (Å²) in [5.74, 6) is 1.94. The molecule has 0 aromatic heterocycles. The number of fused-ring (bicyclic) bond motifs is 1. The lowest BCUT2D eigenvalue weighted by Crippen LogP contribution is -2.26. The molecular formula is C18H21NO2. The zero-order valence-electron chi connectivity index (χ0n) is 12.6. The topological polar surface area (TPSA) is 30.5 Å². The van der Waals surface area contributed by atoms with Crippen LogP contribution in [0.4, 0.5) is 0 Å². The molecular weight excluding hydrogens is 262 g/mol. The number of hydrogen-bond donors (Lipinski definition) is 1. The number of aryl methyl sites for hydroxylation is 1. The lowest BCUT2D eigenvalue weighted by Gasteiger charge is -2.27. The lowest BCUT2D eigenvalue weighted by atomic mass is 10.00. The summed E-state index contributed by atoms with van der Waals surface area (Å²) in [6.07, 6.45) is 0.991. The molecule has 0 aliphatic carbocycles. The molecule has 0 saturated heterocycles. The molecule has 0 radical (unpaired) electrons. The fourth-order valence-electron chi connectivity index (χ4n) is 2.83. The van der Waals surface area contributed by atoms with E-state index in [-0.39, 0.29) is 0 Å². The van der Waals surface area contributed by atoms with Gasteiger partial charge in [0.2, 0.25) is 0 Å². The van der Waals surface area contributed by atoms with Crippen LogP contribution in [0.5, 0.6) is 11.5 Å². The third-order valence-corrected chi connectivity index (χ3v) is 3.93. The van der Waals surface area contributed by atoms with Crippen LogP contribution in [0, 0.1) is 6.92 Å². The second kappa shape index (κ2) is 6.19. The van der Waals surface area contributed by atoms with E-state index in [1.165, 1.54) is 16.7 Å². The van der Waals surface area contributed by atoms with Gasteiger partial charge in [-0.2, -0.15) is 0 Å². The SMILES string of the molecule is COc1ccc(C)cc1CNC1CCOc2ccccc21. The molecule has 0 bridgehead atoms. The molecule has 1 heterocycles. The van der Waals surface area contributed by atoms with Crippen molar-refractivity contribution in [2.24, 2.45) is 0 Å². The first-order valence-electron chi connectivity index (χ1n) is 7.36.